The number of piperidine rings is 1. The molecule has 0 spiro atoms. The molecule has 0 aliphatic carbocycles. The van der Waals surface area contributed by atoms with E-state index in [2.05, 4.69) is 79.9 Å². The SMILES string of the molecule is CC(C)(C)[Si](OCCOCCOCCOCCNc1cccc2c1C(=O)N(C1CCC(=O)NC1=O)C2=O)(c1ccccc1)c1ccccc1. The highest BCUT2D eigenvalue weighted by Crippen LogP contribution is 2.37. The Kier molecular flexibility index (Phi) is 12.1. The second-order valence-corrected chi connectivity index (χ2v) is 17.3. The Morgan fingerprint density at radius 1 is 0.735 bits per heavy atom. The number of amides is 4. The van der Waals surface area contributed by atoms with Gasteiger partial charge in [0.05, 0.1) is 57.4 Å². The molecule has 2 N–H and O–H groups in total. The molecule has 1 atom stereocenters. The quantitative estimate of drug-likeness (QED) is 0.125. The van der Waals surface area contributed by atoms with E-state index in [1.54, 1.807) is 18.2 Å². The summed E-state index contributed by atoms with van der Waals surface area (Å²) in [6, 6.07) is 25.0. The second-order valence-electron chi connectivity index (χ2n) is 13.0. The van der Waals surface area contributed by atoms with Gasteiger partial charge < -0.3 is 24.0 Å². The second kappa shape index (κ2) is 16.5. The number of imide groups is 2. The minimum atomic E-state index is -2.59. The van der Waals surface area contributed by atoms with Gasteiger partial charge >= 0.3 is 0 Å². The van der Waals surface area contributed by atoms with Crippen molar-refractivity contribution in [1.82, 2.24) is 10.2 Å². The summed E-state index contributed by atoms with van der Waals surface area (Å²) < 4.78 is 24.0. The van der Waals surface area contributed by atoms with Gasteiger partial charge in [-0.1, -0.05) is 87.5 Å². The Hall–Kier alpha value is -4.20. The van der Waals surface area contributed by atoms with Crippen LogP contribution in [0.4, 0.5) is 5.69 Å². The fourth-order valence-electron chi connectivity index (χ4n) is 6.48. The van der Waals surface area contributed by atoms with Gasteiger partial charge in [0.25, 0.3) is 20.1 Å². The first-order valence-electron chi connectivity index (χ1n) is 16.7. The Bertz CT molecular complexity index is 1570. The normalized spacial score (nSPS) is 16.6. The van der Waals surface area contributed by atoms with Crippen LogP contribution in [0.2, 0.25) is 5.04 Å². The molecular weight excluding hydrogens is 643 g/mol. The van der Waals surface area contributed by atoms with E-state index in [1.807, 2.05) is 12.1 Å². The molecule has 2 aliphatic rings. The van der Waals surface area contributed by atoms with Crippen molar-refractivity contribution >= 4 is 48.0 Å². The highest BCUT2D eigenvalue weighted by Gasteiger charge is 2.50. The first-order valence-corrected chi connectivity index (χ1v) is 18.6. The lowest BCUT2D eigenvalue weighted by atomic mass is 10.0. The monoisotopic (exact) mass is 687 g/mol. The van der Waals surface area contributed by atoms with Gasteiger partial charge in [0.1, 0.15) is 6.04 Å². The van der Waals surface area contributed by atoms with E-state index in [0.717, 1.165) is 4.90 Å². The topological polar surface area (TPSA) is 132 Å². The summed E-state index contributed by atoms with van der Waals surface area (Å²) in [6.07, 6.45) is 0.181. The van der Waals surface area contributed by atoms with Gasteiger partial charge in [-0.05, 0) is 34.0 Å². The van der Waals surface area contributed by atoms with Gasteiger partial charge in [0.2, 0.25) is 11.8 Å². The molecule has 2 aliphatic heterocycles. The zero-order valence-corrected chi connectivity index (χ0v) is 29.4. The summed E-state index contributed by atoms with van der Waals surface area (Å²) in [5, 5.41) is 7.75. The third-order valence-electron chi connectivity index (χ3n) is 8.74. The van der Waals surface area contributed by atoms with Crippen molar-refractivity contribution in [1.29, 1.82) is 0 Å². The van der Waals surface area contributed by atoms with Crippen LogP contribution in [-0.2, 0) is 28.2 Å². The number of nitrogens with zero attached hydrogens (tertiary/aromatic N) is 1. The number of benzene rings is 3. The highest BCUT2D eigenvalue weighted by atomic mass is 28.4. The van der Waals surface area contributed by atoms with Crippen molar-refractivity contribution in [2.24, 2.45) is 0 Å². The van der Waals surface area contributed by atoms with E-state index in [0.29, 0.717) is 58.5 Å². The molecule has 1 fully saturated rings. The average Bonchev–Trinajstić information content (AvgIpc) is 3.34. The minimum absolute atomic E-state index is 0.0713. The molecule has 12 heteroatoms. The Morgan fingerprint density at radius 3 is 1.88 bits per heavy atom. The molecule has 0 radical (unpaired) electrons. The zero-order chi connectivity index (χ0) is 34.9. The smallest absolute Gasteiger partial charge is 0.264 e. The summed E-state index contributed by atoms with van der Waals surface area (Å²) in [7, 11) is -2.59. The lowest BCUT2D eigenvalue weighted by Gasteiger charge is -2.43. The Labute approximate surface area is 288 Å². The fourth-order valence-corrected chi connectivity index (χ4v) is 11.0. The molecule has 3 aromatic carbocycles. The maximum Gasteiger partial charge on any atom is 0.264 e. The predicted octanol–water partition coefficient (Wildman–Crippen LogP) is 3.13. The van der Waals surface area contributed by atoms with E-state index in [-0.39, 0.29) is 29.0 Å². The van der Waals surface area contributed by atoms with Gasteiger partial charge in [-0.2, -0.15) is 0 Å². The van der Waals surface area contributed by atoms with Crippen molar-refractivity contribution in [2.45, 2.75) is 44.7 Å². The summed E-state index contributed by atoms with van der Waals surface area (Å²) in [4.78, 5) is 51.0. The maximum absolute atomic E-state index is 13.2. The summed E-state index contributed by atoms with van der Waals surface area (Å²) >= 11 is 0. The van der Waals surface area contributed by atoms with Crippen molar-refractivity contribution in [2.75, 3.05) is 58.1 Å². The molecule has 0 aromatic heterocycles. The molecule has 4 amide bonds. The standard InChI is InChI=1S/C37H45N3O8Si/c1-37(2,3)49(27-11-6-4-7-12-27,28-13-8-5-9-14-28)48-26-25-47-24-23-46-22-21-45-20-19-38-30-16-10-15-29-33(30)36(44)40(35(29)43)31-17-18-32(41)39-34(31)42/h4-16,31,38H,17-26H2,1-3H3,(H,39,41,42). The molecule has 0 saturated carbocycles. The maximum atomic E-state index is 13.2. The number of ether oxygens (including phenoxy) is 3. The van der Waals surface area contributed by atoms with Crippen molar-refractivity contribution in [3.05, 3.63) is 90.0 Å². The fraction of sp³-hybridized carbons (Fsp3) is 0.405. The van der Waals surface area contributed by atoms with Gasteiger partial charge in [-0.25, -0.2) is 0 Å². The number of hydrogen-bond donors (Lipinski definition) is 2. The van der Waals surface area contributed by atoms with E-state index in [4.69, 9.17) is 18.6 Å². The van der Waals surface area contributed by atoms with E-state index in [1.165, 1.54) is 10.4 Å². The molecule has 1 saturated heterocycles. The van der Waals surface area contributed by atoms with Crippen LogP contribution in [0.1, 0.15) is 54.3 Å². The molecule has 3 aromatic rings. The number of rotatable bonds is 17. The third-order valence-corrected chi connectivity index (χ3v) is 13.8. The number of hydrogen-bond acceptors (Lipinski definition) is 9. The van der Waals surface area contributed by atoms with E-state index >= 15 is 0 Å². The Morgan fingerprint density at radius 2 is 1.31 bits per heavy atom. The molecule has 5 rings (SSSR count). The lowest BCUT2D eigenvalue weighted by Crippen LogP contribution is -2.66. The van der Waals surface area contributed by atoms with Crippen LogP contribution in [0.5, 0.6) is 0 Å². The Balaban J connectivity index is 0.987. The van der Waals surface area contributed by atoms with Crippen molar-refractivity contribution in [3.8, 4) is 0 Å². The highest BCUT2D eigenvalue weighted by molar-refractivity contribution is 6.99. The summed E-state index contributed by atoms with van der Waals surface area (Å²) in [5.74, 6) is -2.14. The number of anilines is 1. The lowest BCUT2D eigenvalue weighted by molar-refractivity contribution is -0.136. The molecular formula is C37H45N3O8Si. The molecule has 260 valence electrons. The van der Waals surface area contributed by atoms with E-state index in [9.17, 15) is 19.2 Å². The summed E-state index contributed by atoms with van der Waals surface area (Å²) in [6.45, 7) is 10.1. The molecule has 2 heterocycles. The number of nitrogens with one attached hydrogen (secondary N) is 2. The van der Waals surface area contributed by atoms with Crippen molar-refractivity contribution < 1.29 is 37.8 Å². The van der Waals surface area contributed by atoms with Crippen molar-refractivity contribution in [3.63, 3.8) is 0 Å². The first kappa shape index (κ1) is 36.1. The minimum Gasteiger partial charge on any atom is -0.405 e. The van der Waals surface area contributed by atoms with Gasteiger partial charge in [0, 0.05) is 18.7 Å². The van der Waals surface area contributed by atoms with Crippen LogP contribution in [0.3, 0.4) is 0 Å². The number of fused-ring (bicyclic) bond motifs is 1. The average molecular weight is 688 g/mol. The van der Waals surface area contributed by atoms with Gasteiger partial charge in [-0.3, -0.25) is 29.4 Å². The molecule has 49 heavy (non-hydrogen) atoms. The van der Waals surface area contributed by atoms with Crippen LogP contribution in [0.25, 0.3) is 0 Å². The van der Waals surface area contributed by atoms with Crippen LogP contribution in [-0.4, -0.2) is 95.7 Å². The van der Waals surface area contributed by atoms with Crippen LogP contribution in [0, 0.1) is 0 Å². The van der Waals surface area contributed by atoms with Gasteiger partial charge in [-0.15, -0.1) is 0 Å². The predicted molar refractivity (Wildman–Crippen MR) is 188 cm³/mol. The molecule has 11 nitrogen and oxygen atoms in total. The largest absolute Gasteiger partial charge is 0.405 e. The number of carbonyl (C=O) groups excluding carboxylic acids is 4. The van der Waals surface area contributed by atoms with Crippen LogP contribution >= 0.6 is 0 Å². The van der Waals surface area contributed by atoms with Gasteiger partial charge in [0.15, 0.2) is 0 Å². The van der Waals surface area contributed by atoms with Crippen LogP contribution < -0.4 is 21.0 Å². The summed E-state index contributed by atoms with van der Waals surface area (Å²) in [5.41, 5.74) is 0.935. The zero-order valence-electron chi connectivity index (χ0n) is 28.4. The molecule has 1 unspecified atom stereocenters. The van der Waals surface area contributed by atoms with Crippen LogP contribution in [0.15, 0.2) is 78.9 Å². The van der Waals surface area contributed by atoms with E-state index < -0.39 is 38.0 Å². The third kappa shape index (κ3) is 8.17. The first-order chi connectivity index (χ1) is 23.6. The number of carbonyl (C=O) groups is 4. The molecule has 0 bridgehead atoms.